The Kier molecular flexibility index (Phi) is 7.89. The molecule has 6 heteroatoms. The molecule has 168 valence electrons. The summed E-state index contributed by atoms with van der Waals surface area (Å²) in [4.78, 5) is 25.8. The van der Waals surface area contributed by atoms with Crippen LogP contribution in [0.4, 0.5) is 0 Å². The van der Waals surface area contributed by atoms with Crippen molar-refractivity contribution in [1.29, 1.82) is 0 Å². The Morgan fingerprint density at radius 3 is 2.59 bits per heavy atom. The van der Waals surface area contributed by atoms with Crippen molar-refractivity contribution < 1.29 is 9.59 Å². The van der Waals surface area contributed by atoms with Crippen LogP contribution in [-0.4, -0.2) is 30.9 Å². The molecule has 4 rings (SSSR count). The van der Waals surface area contributed by atoms with Gasteiger partial charge in [0.05, 0.1) is 5.92 Å². The minimum Gasteiger partial charge on any atom is -0.352 e. The van der Waals surface area contributed by atoms with Gasteiger partial charge in [-0.3, -0.25) is 9.59 Å². The molecule has 2 unspecified atom stereocenters. The first-order valence-electron chi connectivity index (χ1n) is 10.9. The third kappa shape index (κ3) is 5.29. The third-order valence-corrected chi connectivity index (χ3v) is 6.24. The van der Waals surface area contributed by atoms with E-state index in [9.17, 15) is 9.59 Å². The van der Waals surface area contributed by atoms with Gasteiger partial charge in [0.1, 0.15) is 0 Å². The molecule has 0 aliphatic carbocycles. The van der Waals surface area contributed by atoms with E-state index < -0.39 is 0 Å². The van der Waals surface area contributed by atoms with Crippen molar-refractivity contribution in [3.8, 4) is 0 Å². The molecule has 1 heterocycles. The Labute approximate surface area is 195 Å². The summed E-state index contributed by atoms with van der Waals surface area (Å²) in [7, 11) is 0. The molecular formula is C26H30ClN3O2. The van der Waals surface area contributed by atoms with Crippen LogP contribution in [0.2, 0.25) is 0 Å². The molecule has 0 radical (unpaired) electrons. The van der Waals surface area contributed by atoms with Gasteiger partial charge in [0, 0.05) is 24.7 Å². The number of carbonyl (C=O) groups is 2. The van der Waals surface area contributed by atoms with Crippen molar-refractivity contribution in [2.45, 2.75) is 32.9 Å². The molecule has 5 nitrogen and oxygen atoms in total. The van der Waals surface area contributed by atoms with Crippen LogP contribution in [-0.2, 0) is 11.3 Å². The summed E-state index contributed by atoms with van der Waals surface area (Å²) in [6.07, 6.45) is 0.725. The van der Waals surface area contributed by atoms with Crippen molar-refractivity contribution in [3.63, 3.8) is 0 Å². The smallest absolute Gasteiger partial charge is 0.251 e. The van der Waals surface area contributed by atoms with Gasteiger partial charge < -0.3 is 16.0 Å². The fourth-order valence-electron chi connectivity index (χ4n) is 4.20. The summed E-state index contributed by atoms with van der Waals surface area (Å²) in [5, 5.41) is 11.8. The lowest BCUT2D eigenvalue weighted by Crippen LogP contribution is -2.54. The molecule has 3 N–H and O–H groups in total. The molecule has 0 aromatic heterocycles. The number of aryl methyl sites for hydroxylation is 2. The van der Waals surface area contributed by atoms with Gasteiger partial charge in [-0.2, -0.15) is 0 Å². The van der Waals surface area contributed by atoms with Crippen LogP contribution in [0.5, 0.6) is 0 Å². The van der Waals surface area contributed by atoms with Gasteiger partial charge in [-0.25, -0.2) is 0 Å². The SMILES string of the molecule is Cc1ccc(C(=O)NC2CCNCC2C(=O)NCc2cccc3ccccc23)cc1C.Cl. The monoisotopic (exact) mass is 451 g/mol. The summed E-state index contributed by atoms with van der Waals surface area (Å²) in [6.45, 7) is 5.83. The van der Waals surface area contributed by atoms with Gasteiger partial charge in [0.25, 0.3) is 5.91 Å². The Morgan fingerprint density at radius 1 is 1.00 bits per heavy atom. The maximum atomic E-state index is 13.0. The second-order valence-electron chi connectivity index (χ2n) is 8.33. The molecule has 2 amide bonds. The molecule has 0 bridgehead atoms. The molecule has 3 aromatic rings. The maximum absolute atomic E-state index is 13.0. The van der Waals surface area contributed by atoms with Crippen LogP contribution >= 0.6 is 12.4 Å². The lowest BCUT2D eigenvalue weighted by Gasteiger charge is -2.32. The molecular weight excluding hydrogens is 422 g/mol. The van der Waals surface area contributed by atoms with Crippen molar-refractivity contribution in [3.05, 3.63) is 82.9 Å². The van der Waals surface area contributed by atoms with Crippen LogP contribution in [0.3, 0.4) is 0 Å². The van der Waals surface area contributed by atoms with Crippen molar-refractivity contribution >= 4 is 35.0 Å². The predicted octanol–water partition coefficient (Wildman–Crippen LogP) is 3.90. The highest BCUT2D eigenvalue weighted by atomic mass is 35.5. The first kappa shape index (κ1) is 23.8. The van der Waals surface area contributed by atoms with Gasteiger partial charge in [-0.1, -0.05) is 48.5 Å². The van der Waals surface area contributed by atoms with Crippen LogP contribution in [0, 0.1) is 19.8 Å². The number of nitrogens with one attached hydrogen (secondary N) is 3. The zero-order chi connectivity index (χ0) is 21.8. The molecule has 1 aliphatic rings. The number of hydrogen-bond acceptors (Lipinski definition) is 3. The number of benzene rings is 3. The Balaban J connectivity index is 0.00000289. The molecule has 1 fully saturated rings. The highest BCUT2D eigenvalue weighted by Crippen LogP contribution is 2.19. The second kappa shape index (κ2) is 10.6. The highest BCUT2D eigenvalue weighted by molar-refractivity contribution is 5.95. The van der Waals surface area contributed by atoms with E-state index in [0.29, 0.717) is 18.7 Å². The summed E-state index contributed by atoms with van der Waals surface area (Å²) in [5.74, 6) is -0.466. The zero-order valence-electron chi connectivity index (χ0n) is 18.5. The van der Waals surface area contributed by atoms with Crippen LogP contribution in [0.1, 0.15) is 33.5 Å². The maximum Gasteiger partial charge on any atom is 0.251 e. The van der Waals surface area contributed by atoms with Gasteiger partial charge in [0.15, 0.2) is 0 Å². The van der Waals surface area contributed by atoms with Crippen LogP contribution in [0.25, 0.3) is 10.8 Å². The average molecular weight is 452 g/mol. The minimum atomic E-state index is -0.306. The van der Waals surface area contributed by atoms with Gasteiger partial charge in [-0.15, -0.1) is 12.4 Å². The van der Waals surface area contributed by atoms with Crippen LogP contribution < -0.4 is 16.0 Å². The fraction of sp³-hybridized carbons (Fsp3) is 0.308. The normalized spacial score (nSPS) is 17.9. The van der Waals surface area contributed by atoms with Crippen molar-refractivity contribution in [2.24, 2.45) is 5.92 Å². The summed E-state index contributed by atoms with van der Waals surface area (Å²) in [5.41, 5.74) is 3.97. The average Bonchev–Trinajstić information content (AvgIpc) is 2.79. The van der Waals surface area contributed by atoms with E-state index in [1.807, 2.05) is 56.3 Å². The van der Waals surface area contributed by atoms with E-state index in [4.69, 9.17) is 0 Å². The third-order valence-electron chi connectivity index (χ3n) is 6.24. The number of amides is 2. The summed E-state index contributed by atoms with van der Waals surface area (Å²) in [6, 6.07) is 19.8. The number of hydrogen-bond donors (Lipinski definition) is 3. The number of halogens is 1. The standard InChI is InChI=1S/C26H29N3O2.ClH/c1-17-10-11-20(14-18(17)2)25(30)29-24-12-13-27-16-23(24)26(31)28-15-21-8-5-7-19-6-3-4-9-22(19)21;/h3-11,14,23-24,27H,12-13,15-16H2,1-2H3,(H,28,31)(H,29,30);1H. The van der Waals surface area contributed by atoms with E-state index in [2.05, 4.69) is 34.1 Å². The number of carbonyl (C=O) groups excluding carboxylic acids is 2. The molecule has 1 aliphatic heterocycles. The van der Waals surface area contributed by atoms with E-state index in [1.165, 1.54) is 0 Å². The van der Waals surface area contributed by atoms with E-state index in [1.54, 1.807) is 0 Å². The number of piperidine rings is 1. The van der Waals surface area contributed by atoms with E-state index >= 15 is 0 Å². The molecule has 0 spiro atoms. The van der Waals surface area contributed by atoms with Crippen LogP contribution in [0.15, 0.2) is 60.7 Å². The molecule has 2 atom stereocenters. The van der Waals surface area contributed by atoms with Crippen molar-refractivity contribution in [1.82, 2.24) is 16.0 Å². The lowest BCUT2D eigenvalue weighted by atomic mass is 9.91. The Bertz CT molecular complexity index is 1110. The highest BCUT2D eigenvalue weighted by Gasteiger charge is 2.32. The minimum absolute atomic E-state index is 0. The van der Waals surface area contributed by atoms with Gasteiger partial charge in [0.2, 0.25) is 5.91 Å². The van der Waals surface area contributed by atoms with E-state index in [-0.39, 0.29) is 36.2 Å². The largest absolute Gasteiger partial charge is 0.352 e. The fourth-order valence-corrected chi connectivity index (χ4v) is 4.20. The zero-order valence-corrected chi connectivity index (χ0v) is 19.3. The predicted molar refractivity (Wildman–Crippen MR) is 131 cm³/mol. The summed E-state index contributed by atoms with van der Waals surface area (Å²) >= 11 is 0. The quantitative estimate of drug-likeness (QED) is 0.551. The first-order valence-corrected chi connectivity index (χ1v) is 10.9. The molecule has 0 saturated carbocycles. The number of rotatable bonds is 5. The van der Waals surface area contributed by atoms with E-state index in [0.717, 1.165) is 40.4 Å². The molecule has 3 aromatic carbocycles. The van der Waals surface area contributed by atoms with Crippen molar-refractivity contribution in [2.75, 3.05) is 13.1 Å². The first-order chi connectivity index (χ1) is 15.0. The Morgan fingerprint density at radius 2 is 1.78 bits per heavy atom. The number of fused-ring (bicyclic) bond motifs is 1. The Hall–Kier alpha value is -2.89. The second-order valence-corrected chi connectivity index (χ2v) is 8.33. The summed E-state index contributed by atoms with van der Waals surface area (Å²) < 4.78 is 0. The van der Waals surface area contributed by atoms with Gasteiger partial charge >= 0.3 is 0 Å². The molecule has 32 heavy (non-hydrogen) atoms. The van der Waals surface area contributed by atoms with Gasteiger partial charge in [-0.05, 0) is 66.4 Å². The topological polar surface area (TPSA) is 70.2 Å². The molecule has 1 saturated heterocycles. The lowest BCUT2D eigenvalue weighted by molar-refractivity contribution is -0.126.